The minimum atomic E-state index is -0.140. The first-order valence-corrected chi connectivity index (χ1v) is 7.94. The first-order chi connectivity index (χ1) is 10.0. The lowest BCUT2D eigenvalue weighted by Crippen LogP contribution is -2.45. The van der Waals surface area contributed by atoms with Gasteiger partial charge in [-0.2, -0.15) is 0 Å². The van der Waals surface area contributed by atoms with Crippen LogP contribution < -0.4 is 10.2 Å². The molecular formula is C17H27FN2O. The summed E-state index contributed by atoms with van der Waals surface area (Å²) < 4.78 is 20.2. The predicted octanol–water partition coefficient (Wildman–Crippen LogP) is 3.50. The first-order valence-electron chi connectivity index (χ1n) is 7.94. The first kappa shape index (κ1) is 16.2. The zero-order valence-corrected chi connectivity index (χ0v) is 13.5. The Morgan fingerprint density at radius 3 is 2.57 bits per heavy atom. The van der Waals surface area contributed by atoms with Crippen molar-refractivity contribution in [3.63, 3.8) is 0 Å². The van der Waals surface area contributed by atoms with Gasteiger partial charge in [0, 0.05) is 19.1 Å². The van der Waals surface area contributed by atoms with Crippen LogP contribution in [0, 0.1) is 5.82 Å². The van der Waals surface area contributed by atoms with E-state index in [1.165, 1.54) is 0 Å². The Kier molecular flexibility index (Phi) is 5.59. The van der Waals surface area contributed by atoms with Crippen molar-refractivity contribution in [3.8, 4) is 0 Å². The zero-order valence-electron chi connectivity index (χ0n) is 13.5. The van der Waals surface area contributed by atoms with E-state index < -0.39 is 0 Å². The van der Waals surface area contributed by atoms with E-state index in [9.17, 15) is 4.39 Å². The molecule has 1 heterocycles. The lowest BCUT2D eigenvalue weighted by atomic mass is 10.1. The van der Waals surface area contributed by atoms with Crippen LogP contribution in [0.5, 0.6) is 0 Å². The molecule has 3 atom stereocenters. The van der Waals surface area contributed by atoms with Crippen LogP contribution in [0.2, 0.25) is 0 Å². The van der Waals surface area contributed by atoms with E-state index in [2.05, 4.69) is 24.1 Å². The summed E-state index contributed by atoms with van der Waals surface area (Å²) >= 11 is 0. The summed E-state index contributed by atoms with van der Waals surface area (Å²) in [6.45, 7) is 10.7. The third-order valence-corrected chi connectivity index (χ3v) is 3.93. The van der Waals surface area contributed by atoms with Gasteiger partial charge in [0.1, 0.15) is 5.82 Å². The molecule has 2 rings (SSSR count). The topological polar surface area (TPSA) is 24.5 Å². The molecule has 1 fully saturated rings. The fourth-order valence-electron chi connectivity index (χ4n) is 2.90. The fourth-order valence-corrected chi connectivity index (χ4v) is 2.90. The summed E-state index contributed by atoms with van der Waals surface area (Å²) in [6.07, 6.45) is 1.35. The Balaban J connectivity index is 2.11. The van der Waals surface area contributed by atoms with E-state index >= 15 is 0 Å². The summed E-state index contributed by atoms with van der Waals surface area (Å²) in [5.41, 5.74) is 1.68. The van der Waals surface area contributed by atoms with Crippen LogP contribution in [0.1, 0.15) is 45.7 Å². The van der Waals surface area contributed by atoms with Gasteiger partial charge in [0.2, 0.25) is 0 Å². The van der Waals surface area contributed by atoms with E-state index in [1.807, 2.05) is 26.0 Å². The van der Waals surface area contributed by atoms with E-state index in [-0.39, 0.29) is 24.1 Å². The number of hydrogen-bond donors (Lipinski definition) is 1. The lowest BCUT2D eigenvalue weighted by Gasteiger charge is -2.37. The van der Waals surface area contributed by atoms with Gasteiger partial charge in [-0.1, -0.05) is 13.0 Å². The second-order valence-corrected chi connectivity index (χ2v) is 6.05. The highest BCUT2D eigenvalue weighted by Gasteiger charge is 2.24. The number of halogens is 1. The van der Waals surface area contributed by atoms with Crippen LogP contribution in [0.3, 0.4) is 0 Å². The SMILES string of the molecule is CCCNC(C)c1ccc(N2C[C@@H](C)O[C@@H](C)C2)c(F)c1. The number of benzene rings is 1. The van der Waals surface area contributed by atoms with Crippen molar-refractivity contribution < 1.29 is 9.13 Å². The summed E-state index contributed by atoms with van der Waals surface area (Å²) in [4.78, 5) is 2.09. The number of hydrogen-bond acceptors (Lipinski definition) is 3. The summed E-state index contributed by atoms with van der Waals surface area (Å²) in [7, 11) is 0. The third-order valence-electron chi connectivity index (χ3n) is 3.93. The Bertz CT molecular complexity index is 456. The average molecular weight is 294 g/mol. The predicted molar refractivity (Wildman–Crippen MR) is 85.3 cm³/mol. The van der Waals surface area contributed by atoms with Crippen LogP contribution in [0.4, 0.5) is 10.1 Å². The molecule has 1 saturated heterocycles. The van der Waals surface area contributed by atoms with Crippen LogP contribution in [0.15, 0.2) is 18.2 Å². The number of rotatable bonds is 5. The van der Waals surface area contributed by atoms with E-state index in [0.717, 1.165) is 31.6 Å². The Labute approximate surface area is 127 Å². The molecule has 118 valence electrons. The quantitative estimate of drug-likeness (QED) is 0.899. The molecule has 0 aromatic heterocycles. The van der Waals surface area contributed by atoms with Gasteiger partial charge in [0.15, 0.2) is 0 Å². The number of morpholine rings is 1. The molecule has 1 aromatic carbocycles. The van der Waals surface area contributed by atoms with Crippen LogP contribution >= 0.6 is 0 Å². The molecule has 0 amide bonds. The van der Waals surface area contributed by atoms with Crippen molar-refractivity contribution in [2.75, 3.05) is 24.5 Å². The number of nitrogens with one attached hydrogen (secondary N) is 1. The summed E-state index contributed by atoms with van der Waals surface area (Å²) in [5.74, 6) is -0.140. The van der Waals surface area contributed by atoms with E-state index in [4.69, 9.17) is 4.74 Å². The van der Waals surface area contributed by atoms with Crippen molar-refractivity contribution >= 4 is 5.69 Å². The van der Waals surface area contributed by atoms with Gasteiger partial charge in [-0.25, -0.2) is 4.39 Å². The molecule has 3 nitrogen and oxygen atoms in total. The van der Waals surface area contributed by atoms with Gasteiger partial charge < -0.3 is 15.0 Å². The minimum absolute atomic E-state index is 0.137. The van der Waals surface area contributed by atoms with Crippen molar-refractivity contribution in [2.24, 2.45) is 0 Å². The molecule has 21 heavy (non-hydrogen) atoms. The highest BCUT2D eigenvalue weighted by molar-refractivity contribution is 5.50. The minimum Gasteiger partial charge on any atom is -0.372 e. The van der Waals surface area contributed by atoms with Gasteiger partial charge in [-0.15, -0.1) is 0 Å². The van der Waals surface area contributed by atoms with Gasteiger partial charge in [0.25, 0.3) is 0 Å². The molecule has 0 aliphatic carbocycles. The number of ether oxygens (including phenoxy) is 1. The van der Waals surface area contributed by atoms with Crippen molar-refractivity contribution in [1.29, 1.82) is 0 Å². The molecule has 1 aliphatic heterocycles. The van der Waals surface area contributed by atoms with Crippen molar-refractivity contribution in [1.82, 2.24) is 5.32 Å². The molecule has 0 radical (unpaired) electrons. The molecule has 1 aliphatic rings. The molecular weight excluding hydrogens is 267 g/mol. The number of nitrogens with zero attached hydrogens (tertiary/aromatic N) is 1. The highest BCUT2D eigenvalue weighted by Crippen LogP contribution is 2.26. The van der Waals surface area contributed by atoms with E-state index in [1.54, 1.807) is 6.07 Å². The normalized spacial score (nSPS) is 24.1. The summed E-state index contributed by atoms with van der Waals surface area (Å²) in [6, 6.07) is 5.76. The molecule has 0 saturated carbocycles. The second kappa shape index (κ2) is 7.23. The van der Waals surface area contributed by atoms with Gasteiger partial charge >= 0.3 is 0 Å². The molecule has 0 bridgehead atoms. The van der Waals surface area contributed by atoms with Crippen molar-refractivity contribution in [3.05, 3.63) is 29.6 Å². The van der Waals surface area contributed by atoms with Crippen molar-refractivity contribution in [2.45, 2.75) is 52.4 Å². The van der Waals surface area contributed by atoms with Gasteiger partial charge in [-0.05, 0) is 51.4 Å². The Hall–Kier alpha value is -1.13. The second-order valence-electron chi connectivity index (χ2n) is 6.05. The zero-order chi connectivity index (χ0) is 15.4. The van der Waals surface area contributed by atoms with E-state index in [0.29, 0.717) is 5.69 Å². The van der Waals surface area contributed by atoms with Crippen LogP contribution in [-0.4, -0.2) is 31.8 Å². The standard InChI is InChI=1S/C17H27FN2O/c1-5-8-19-14(4)15-6-7-17(16(18)9-15)20-10-12(2)21-13(3)11-20/h6-7,9,12-14,19H,5,8,10-11H2,1-4H3/t12-,13+,14?. The van der Waals surface area contributed by atoms with Crippen LogP contribution in [-0.2, 0) is 4.74 Å². The average Bonchev–Trinajstić information content (AvgIpc) is 2.43. The molecule has 0 spiro atoms. The Morgan fingerprint density at radius 2 is 2.00 bits per heavy atom. The molecule has 4 heteroatoms. The maximum Gasteiger partial charge on any atom is 0.146 e. The highest BCUT2D eigenvalue weighted by atomic mass is 19.1. The Morgan fingerprint density at radius 1 is 1.33 bits per heavy atom. The molecule has 1 aromatic rings. The lowest BCUT2D eigenvalue weighted by molar-refractivity contribution is -0.00539. The fraction of sp³-hybridized carbons (Fsp3) is 0.647. The smallest absolute Gasteiger partial charge is 0.146 e. The maximum absolute atomic E-state index is 14.5. The molecule has 1 unspecified atom stereocenters. The maximum atomic E-state index is 14.5. The van der Waals surface area contributed by atoms with Gasteiger partial charge in [-0.3, -0.25) is 0 Å². The van der Waals surface area contributed by atoms with Crippen LogP contribution in [0.25, 0.3) is 0 Å². The third kappa shape index (κ3) is 4.17. The van der Waals surface area contributed by atoms with Gasteiger partial charge in [0.05, 0.1) is 17.9 Å². The molecule has 1 N–H and O–H groups in total. The number of anilines is 1. The summed E-state index contributed by atoms with van der Waals surface area (Å²) in [5, 5.41) is 3.39. The largest absolute Gasteiger partial charge is 0.372 e. The monoisotopic (exact) mass is 294 g/mol.